The van der Waals surface area contributed by atoms with E-state index in [-0.39, 0.29) is 5.41 Å². The molecule has 13 rings (SSSR count). The number of hydrogen-bond acceptors (Lipinski definition) is 2. The second-order valence-corrected chi connectivity index (χ2v) is 16.9. The first-order valence-corrected chi connectivity index (χ1v) is 20.7. The van der Waals surface area contributed by atoms with Crippen LogP contribution in [0.1, 0.15) is 25.0 Å². The van der Waals surface area contributed by atoms with Crippen molar-refractivity contribution in [3.63, 3.8) is 0 Å². The van der Waals surface area contributed by atoms with Gasteiger partial charge in [-0.05, 0) is 111 Å². The van der Waals surface area contributed by atoms with E-state index in [2.05, 4.69) is 194 Å². The van der Waals surface area contributed by atoms with Crippen molar-refractivity contribution in [2.45, 2.75) is 19.3 Å². The van der Waals surface area contributed by atoms with Crippen LogP contribution in [-0.4, -0.2) is 4.57 Å². The molecule has 60 heavy (non-hydrogen) atoms. The zero-order chi connectivity index (χ0) is 39.7. The summed E-state index contributed by atoms with van der Waals surface area (Å²) in [7, 11) is 0. The van der Waals surface area contributed by atoms with E-state index in [0.29, 0.717) is 0 Å². The number of nitrogens with zero attached hydrogens (tertiary/aromatic N) is 1. The second kappa shape index (κ2) is 12.2. The van der Waals surface area contributed by atoms with Crippen molar-refractivity contribution in [3.05, 3.63) is 199 Å². The Bertz CT molecular complexity index is 3740. The minimum absolute atomic E-state index is 0.139. The normalized spacial score (nSPS) is 13.3. The van der Waals surface area contributed by atoms with E-state index >= 15 is 0 Å². The quantitative estimate of drug-likeness (QED) is 0.179. The number of benzene rings is 9. The third kappa shape index (κ3) is 4.72. The van der Waals surface area contributed by atoms with Crippen LogP contribution in [-0.2, 0) is 5.41 Å². The molecule has 0 fully saturated rings. The van der Waals surface area contributed by atoms with Crippen molar-refractivity contribution < 1.29 is 8.83 Å². The Balaban J connectivity index is 1.15. The summed E-state index contributed by atoms with van der Waals surface area (Å²) < 4.78 is 15.7. The summed E-state index contributed by atoms with van der Waals surface area (Å²) in [5.74, 6) is 0. The van der Waals surface area contributed by atoms with Crippen LogP contribution in [0, 0.1) is 0 Å². The minimum atomic E-state index is -0.139. The molecule has 0 aliphatic heterocycles. The SMILES string of the molecule is CC1(C)c2ccccc2-c2cc3c(cc21)c1cc2oc4ccccc4c2cc1n3-c1cc(-c2cccc(-c3ccccc3)c2)cc(-c2cccc3c2oc2ccccc23)c1. The molecule has 0 saturated heterocycles. The molecule has 1 aliphatic carbocycles. The molecule has 282 valence electrons. The van der Waals surface area contributed by atoms with E-state index in [1.807, 2.05) is 12.1 Å². The Morgan fingerprint density at radius 1 is 0.350 bits per heavy atom. The zero-order valence-corrected chi connectivity index (χ0v) is 33.2. The van der Waals surface area contributed by atoms with E-state index in [1.54, 1.807) is 0 Å². The van der Waals surface area contributed by atoms with Gasteiger partial charge >= 0.3 is 0 Å². The number of fused-ring (bicyclic) bond motifs is 12. The van der Waals surface area contributed by atoms with Gasteiger partial charge in [0.05, 0.1) is 11.0 Å². The van der Waals surface area contributed by atoms with Gasteiger partial charge in [-0.2, -0.15) is 0 Å². The topological polar surface area (TPSA) is 31.2 Å². The Kier molecular flexibility index (Phi) is 6.78. The summed E-state index contributed by atoms with van der Waals surface area (Å²) in [6, 6.07) is 68.3. The van der Waals surface area contributed by atoms with Crippen LogP contribution in [0.2, 0.25) is 0 Å². The standard InChI is InChI=1S/C57H37NO2/c1-57(2)49-23-9-6-18-41(49)45-31-51-46(30-50(45)57)47-33-55-48(43-20-8-10-24-53(43)59-55)32-52(47)58(51)39-28-37(36-17-12-16-35(26-36)34-14-4-3-5-15-34)27-38(29-39)40-21-13-22-44-42-19-7-11-25-54(42)60-56(40)44/h3-33H,1-2H3. The molecule has 1 aliphatic rings. The van der Waals surface area contributed by atoms with Crippen LogP contribution in [0.15, 0.2) is 197 Å². The fourth-order valence-corrected chi connectivity index (χ4v) is 10.3. The van der Waals surface area contributed by atoms with Crippen molar-refractivity contribution in [1.82, 2.24) is 4.57 Å². The van der Waals surface area contributed by atoms with Gasteiger partial charge in [0.2, 0.25) is 0 Å². The smallest absolute Gasteiger partial charge is 0.143 e. The summed E-state index contributed by atoms with van der Waals surface area (Å²) in [6.45, 7) is 4.72. The van der Waals surface area contributed by atoms with Crippen LogP contribution in [0.5, 0.6) is 0 Å². The fourth-order valence-electron chi connectivity index (χ4n) is 10.3. The first-order chi connectivity index (χ1) is 29.5. The molecule has 0 spiro atoms. The average Bonchev–Trinajstić information content (AvgIpc) is 4.01. The molecule has 0 atom stereocenters. The molecule has 0 N–H and O–H groups in total. The Morgan fingerprint density at radius 3 is 1.80 bits per heavy atom. The van der Waals surface area contributed by atoms with E-state index < -0.39 is 0 Å². The maximum absolute atomic E-state index is 6.70. The highest BCUT2D eigenvalue weighted by atomic mass is 16.3. The lowest BCUT2D eigenvalue weighted by Crippen LogP contribution is -2.14. The maximum atomic E-state index is 6.70. The van der Waals surface area contributed by atoms with Gasteiger partial charge < -0.3 is 13.4 Å². The van der Waals surface area contributed by atoms with Crippen LogP contribution < -0.4 is 0 Å². The van der Waals surface area contributed by atoms with E-state index in [4.69, 9.17) is 8.83 Å². The second-order valence-electron chi connectivity index (χ2n) is 16.9. The van der Waals surface area contributed by atoms with Gasteiger partial charge in [-0.1, -0.05) is 141 Å². The predicted octanol–water partition coefficient (Wildman–Crippen LogP) is 15.9. The number of furan rings is 2. The first-order valence-electron chi connectivity index (χ1n) is 20.7. The van der Waals surface area contributed by atoms with Gasteiger partial charge in [0.1, 0.15) is 22.3 Å². The molecule has 0 radical (unpaired) electrons. The van der Waals surface area contributed by atoms with Crippen LogP contribution in [0.25, 0.3) is 116 Å². The summed E-state index contributed by atoms with van der Waals surface area (Å²) in [6.07, 6.45) is 0. The van der Waals surface area contributed by atoms with Gasteiger partial charge in [0.25, 0.3) is 0 Å². The zero-order valence-electron chi connectivity index (χ0n) is 33.2. The molecule has 0 unspecified atom stereocenters. The first kappa shape index (κ1) is 33.4. The molecule has 3 heterocycles. The molecule has 3 heteroatoms. The molecule has 3 nitrogen and oxygen atoms in total. The lowest BCUT2D eigenvalue weighted by Gasteiger charge is -2.21. The lowest BCUT2D eigenvalue weighted by atomic mass is 9.82. The maximum Gasteiger partial charge on any atom is 0.143 e. The summed E-state index contributed by atoms with van der Waals surface area (Å²) in [5.41, 5.74) is 19.0. The lowest BCUT2D eigenvalue weighted by molar-refractivity contribution is 0.661. The number of rotatable bonds is 4. The summed E-state index contributed by atoms with van der Waals surface area (Å²) in [5, 5.41) is 6.85. The molecular weight excluding hydrogens is 731 g/mol. The van der Waals surface area contributed by atoms with Crippen LogP contribution in [0.3, 0.4) is 0 Å². The summed E-state index contributed by atoms with van der Waals surface area (Å²) in [4.78, 5) is 0. The Hall–Kier alpha value is -7.62. The molecule has 0 amide bonds. The van der Waals surface area contributed by atoms with E-state index in [1.165, 1.54) is 44.2 Å². The number of hydrogen-bond donors (Lipinski definition) is 0. The number of para-hydroxylation sites is 3. The highest BCUT2D eigenvalue weighted by Crippen LogP contribution is 2.52. The van der Waals surface area contributed by atoms with Crippen LogP contribution in [0.4, 0.5) is 0 Å². The fraction of sp³-hybridized carbons (Fsp3) is 0.0526. The number of aromatic nitrogens is 1. The van der Waals surface area contributed by atoms with E-state index in [0.717, 1.165) is 82.9 Å². The van der Waals surface area contributed by atoms with Gasteiger partial charge in [-0.15, -0.1) is 0 Å². The van der Waals surface area contributed by atoms with Crippen molar-refractivity contribution in [3.8, 4) is 50.2 Å². The van der Waals surface area contributed by atoms with Gasteiger partial charge in [0, 0.05) is 49.0 Å². The molecule has 12 aromatic rings. The third-order valence-corrected chi connectivity index (χ3v) is 13.2. The highest BCUT2D eigenvalue weighted by Gasteiger charge is 2.36. The van der Waals surface area contributed by atoms with Crippen molar-refractivity contribution in [2.24, 2.45) is 0 Å². The molecule has 3 aromatic heterocycles. The highest BCUT2D eigenvalue weighted by molar-refractivity contribution is 6.18. The van der Waals surface area contributed by atoms with Crippen LogP contribution >= 0.6 is 0 Å². The van der Waals surface area contributed by atoms with Crippen molar-refractivity contribution in [2.75, 3.05) is 0 Å². The molecule has 0 bridgehead atoms. The Morgan fingerprint density at radius 2 is 0.950 bits per heavy atom. The third-order valence-electron chi connectivity index (χ3n) is 13.2. The largest absolute Gasteiger partial charge is 0.456 e. The average molecular weight is 768 g/mol. The molecule has 9 aromatic carbocycles. The monoisotopic (exact) mass is 767 g/mol. The predicted molar refractivity (Wildman–Crippen MR) is 249 cm³/mol. The van der Waals surface area contributed by atoms with Crippen molar-refractivity contribution in [1.29, 1.82) is 0 Å². The van der Waals surface area contributed by atoms with Gasteiger partial charge in [-0.25, -0.2) is 0 Å². The van der Waals surface area contributed by atoms with Crippen molar-refractivity contribution >= 4 is 65.7 Å². The Labute approximate surface area is 346 Å². The van der Waals surface area contributed by atoms with Gasteiger partial charge in [-0.3, -0.25) is 0 Å². The van der Waals surface area contributed by atoms with E-state index in [9.17, 15) is 0 Å². The molecule has 0 saturated carbocycles. The molecular formula is C57H37NO2. The minimum Gasteiger partial charge on any atom is -0.456 e. The summed E-state index contributed by atoms with van der Waals surface area (Å²) >= 11 is 0. The van der Waals surface area contributed by atoms with Gasteiger partial charge in [0.15, 0.2) is 0 Å².